The molecule has 4 heteroatoms. The summed E-state index contributed by atoms with van der Waals surface area (Å²) in [5, 5.41) is 13.1. The Morgan fingerprint density at radius 3 is 2.71 bits per heavy atom. The van der Waals surface area contributed by atoms with E-state index in [1.54, 1.807) is 0 Å². The van der Waals surface area contributed by atoms with Crippen molar-refractivity contribution in [1.82, 2.24) is 5.32 Å². The molecule has 0 aromatic rings. The summed E-state index contributed by atoms with van der Waals surface area (Å²) in [5.74, 6) is 0.737. The maximum atomic E-state index is 9.72. The Bertz CT molecular complexity index is 190. The summed E-state index contributed by atoms with van der Waals surface area (Å²) in [5.41, 5.74) is 0. The summed E-state index contributed by atoms with van der Waals surface area (Å²) in [6.45, 7) is 7.13. The molecular weight excluding hydrogens is 218 g/mol. The first-order valence-corrected chi connectivity index (χ1v) is 6.81. The van der Waals surface area contributed by atoms with Crippen LogP contribution in [-0.4, -0.2) is 50.2 Å². The van der Waals surface area contributed by atoms with Gasteiger partial charge >= 0.3 is 0 Å². The van der Waals surface area contributed by atoms with E-state index in [9.17, 15) is 5.11 Å². The normalized spacial score (nSPS) is 26.3. The number of aliphatic hydroxyl groups excluding tert-OH is 1. The molecule has 1 aliphatic rings. The van der Waals surface area contributed by atoms with Crippen molar-refractivity contribution in [1.29, 1.82) is 0 Å². The van der Waals surface area contributed by atoms with Gasteiger partial charge in [-0.25, -0.2) is 0 Å². The van der Waals surface area contributed by atoms with Crippen LogP contribution in [0.4, 0.5) is 0 Å². The van der Waals surface area contributed by atoms with Crippen LogP contribution in [0, 0.1) is 5.92 Å². The van der Waals surface area contributed by atoms with E-state index in [2.05, 4.69) is 12.2 Å². The fourth-order valence-electron chi connectivity index (χ4n) is 2.28. The van der Waals surface area contributed by atoms with Crippen molar-refractivity contribution < 1.29 is 14.6 Å². The van der Waals surface area contributed by atoms with Crippen molar-refractivity contribution in [3.63, 3.8) is 0 Å². The minimum Gasteiger partial charge on any atom is -0.389 e. The van der Waals surface area contributed by atoms with E-state index >= 15 is 0 Å². The third-order valence-electron chi connectivity index (χ3n) is 3.36. The van der Waals surface area contributed by atoms with Gasteiger partial charge in [0.05, 0.1) is 25.9 Å². The number of hydrogen-bond donors (Lipinski definition) is 2. The number of ether oxygens (including phenoxy) is 2. The lowest BCUT2D eigenvalue weighted by atomic mass is 10.1. The molecule has 1 rings (SSSR count). The minimum atomic E-state index is -0.413. The summed E-state index contributed by atoms with van der Waals surface area (Å²) >= 11 is 0. The molecule has 0 aliphatic heterocycles. The van der Waals surface area contributed by atoms with Gasteiger partial charge in [0.25, 0.3) is 0 Å². The van der Waals surface area contributed by atoms with Crippen LogP contribution in [0.2, 0.25) is 0 Å². The van der Waals surface area contributed by atoms with Gasteiger partial charge in [-0.15, -0.1) is 0 Å². The molecule has 0 bridgehead atoms. The van der Waals surface area contributed by atoms with Crippen molar-refractivity contribution in [3.05, 3.63) is 0 Å². The molecule has 1 fully saturated rings. The van der Waals surface area contributed by atoms with E-state index in [4.69, 9.17) is 9.47 Å². The molecule has 0 aromatic carbocycles. The van der Waals surface area contributed by atoms with E-state index in [0.717, 1.165) is 5.92 Å². The lowest BCUT2D eigenvalue weighted by Crippen LogP contribution is -2.38. The Morgan fingerprint density at radius 2 is 2.06 bits per heavy atom. The quantitative estimate of drug-likeness (QED) is 0.599. The van der Waals surface area contributed by atoms with Gasteiger partial charge in [0.15, 0.2) is 0 Å². The molecule has 17 heavy (non-hydrogen) atoms. The SMILES string of the molecule is CCOCCOCC(O)CNC1CCCC1C. The van der Waals surface area contributed by atoms with Crippen LogP contribution in [0.25, 0.3) is 0 Å². The highest BCUT2D eigenvalue weighted by atomic mass is 16.5. The summed E-state index contributed by atoms with van der Waals surface area (Å²) in [7, 11) is 0. The van der Waals surface area contributed by atoms with Crippen LogP contribution >= 0.6 is 0 Å². The third kappa shape index (κ3) is 6.36. The second-order valence-corrected chi connectivity index (χ2v) is 4.85. The van der Waals surface area contributed by atoms with Crippen LogP contribution in [0.5, 0.6) is 0 Å². The predicted octanol–water partition coefficient (Wildman–Crippen LogP) is 1.18. The molecule has 3 unspecified atom stereocenters. The first-order valence-electron chi connectivity index (χ1n) is 6.81. The maximum absolute atomic E-state index is 9.72. The van der Waals surface area contributed by atoms with E-state index in [1.807, 2.05) is 6.92 Å². The summed E-state index contributed by atoms with van der Waals surface area (Å²) in [6.07, 6.45) is 3.43. The van der Waals surface area contributed by atoms with E-state index in [-0.39, 0.29) is 0 Å². The van der Waals surface area contributed by atoms with Crippen molar-refractivity contribution >= 4 is 0 Å². The average Bonchev–Trinajstić information content (AvgIpc) is 2.72. The zero-order valence-electron chi connectivity index (χ0n) is 11.2. The zero-order chi connectivity index (χ0) is 12.5. The molecule has 0 heterocycles. The van der Waals surface area contributed by atoms with E-state index < -0.39 is 6.10 Å². The maximum Gasteiger partial charge on any atom is 0.0897 e. The fraction of sp³-hybridized carbons (Fsp3) is 1.00. The van der Waals surface area contributed by atoms with Crippen LogP contribution < -0.4 is 5.32 Å². The number of aliphatic hydroxyl groups is 1. The monoisotopic (exact) mass is 245 g/mol. The molecule has 3 atom stereocenters. The molecule has 0 saturated heterocycles. The highest BCUT2D eigenvalue weighted by Gasteiger charge is 2.23. The average molecular weight is 245 g/mol. The molecule has 0 amide bonds. The number of rotatable bonds is 9. The summed E-state index contributed by atoms with van der Waals surface area (Å²) < 4.78 is 10.5. The minimum absolute atomic E-state index is 0.390. The largest absolute Gasteiger partial charge is 0.389 e. The highest BCUT2D eigenvalue weighted by Crippen LogP contribution is 2.24. The Kier molecular flexibility index (Phi) is 7.77. The molecule has 2 N–H and O–H groups in total. The van der Waals surface area contributed by atoms with Gasteiger partial charge in [-0.1, -0.05) is 13.3 Å². The molecule has 0 spiro atoms. The van der Waals surface area contributed by atoms with Gasteiger partial charge in [0, 0.05) is 19.2 Å². The van der Waals surface area contributed by atoms with Gasteiger partial charge < -0.3 is 19.9 Å². The van der Waals surface area contributed by atoms with Gasteiger partial charge in [0.1, 0.15) is 0 Å². The lowest BCUT2D eigenvalue weighted by molar-refractivity contribution is 0.00546. The van der Waals surface area contributed by atoms with Crippen molar-refractivity contribution in [2.45, 2.75) is 45.3 Å². The lowest BCUT2D eigenvalue weighted by Gasteiger charge is -2.19. The molecule has 0 aromatic heterocycles. The van der Waals surface area contributed by atoms with Gasteiger partial charge in [-0.3, -0.25) is 0 Å². The van der Waals surface area contributed by atoms with Crippen molar-refractivity contribution in [2.24, 2.45) is 5.92 Å². The number of nitrogens with one attached hydrogen (secondary N) is 1. The molecule has 102 valence electrons. The van der Waals surface area contributed by atoms with Gasteiger partial charge in [-0.2, -0.15) is 0 Å². The third-order valence-corrected chi connectivity index (χ3v) is 3.36. The van der Waals surface area contributed by atoms with Crippen LogP contribution in [0.3, 0.4) is 0 Å². The smallest absolute Gasteiger partial charge is 0.0897 e. The first-order chi connectivity index (χ1) is 8.24. The Labute approximate surface area is 105 Å². The Hall–Kier alpha value is -0.160. The summed E-state index contributed by atoms with van der Waals surface area (Å²) in [6, 6.07) is 0.577. The summed E-state index contributed by atoms with van der Waals surface area (Å²) in [4.78, 5) is 0. The fourth-order valence-corrected chi connectivity index (χ4v) is 2.28. The van der Waals surface area contributed by atoms with E-state index in [1.165, 1.54) is 19.3 Å². The second-order valence-electron chi connectivity index (χ2n) is 4.85. The highest BCUT2D eigenvalue weighted by molar-refractivity contribution is 4.80. The zero-order valence-corrected chi connectivity index (χ0v) is 11.2. The Balaban J connectivity index is 1.95. The topological polar surface area (TPSA) is 50.7 Å². The van der Waals surface area contributed by atoms with E-state index in [0.29, 0.717) is 39.0 Å². The first kappa shape index (κ1) is 14.9. The number of hydrogen-bond acceptors (Lipinski definition) is 4. The van der Waals surface area contributed by atoms with Crippen LogP contribution in [-0.2, 0) is 9.47 Å². The van der Waals surface area contributed by atoms with Crippen LogP contribution in [0.15, 0.2) is 0 Å². The van der Waals surface area contributed by atoms with Crippen LogP contribution in [0.1, 0.15) is 33.1 Å². The van der Waals surface area contributed by atoms with Gasteiger partial charge in [0.2, 0.25) is 0 Å². The van der Waals surface area contributed by atoms with Crippen molar-refractivity contribution in [2.75, 3.05) is 33.0 Å². The Morgan fingerprint density at radius 1 is 1.29 bits per heavy atom. The second kappa shape index (κ2) is 8.86. The molecule has 1 saturated carbocycles. The standard InChI is InChI=1S/C13H27NO3/c1-3-16-7-8-17-10-12(15)9-14-13-6-4-5-11(13)2/h11-15H,3-10H2,1-2H3. The van der Waals surface area contributed by atoms with Gasteiger partial charge in [-0.05, 0) is 25.7 Å². The molecular formula is C13H27NO3. The van der Waals surface area contributed by atoms with Crippen molar-refractivity contribution in [3.8, 4) is 0 Å². The molecule has 1 aliphatic carbocycles. The molecule has 0 radical (unpaired) electrons. The molecule has 4 nitrogen and oxygen atoms in total. The predicted molar refractivity (Wildman–Crippen MR) is 68.1 cm³/mol.